The molecule has 4 rings (SSSR count). The smallest absolute Gasteiger partial charge is 0.264 e. The summed E-state index contributed by atoms with van der Waals surface area (Å²) >= 11 is 0. The van der Waals surface area contributed by atoms with Crippen molar-refractivity contribution >= 4 is 27.3 Å². The first-order valence-electron chi connectivity index (χ1n) is 11.8. The van der Waals surface area contributed by atoms with E-state index in [0.29, 0.717) is 18.0 Å². The zero-order chi connectivity index (χ0) is 25.0. The van der Waals surface area contributed by atoms with Crippen LogP contribution in [-0.4, -0.2) is 40.1 Å². The second-order valence-electron chi connectivity index (χ2n) is 8.48. The van der Waals surface area contributed by atoms with Crippen LogP contribution in [0.4, 0.5) is 11.4 Å². The van der Waals surface area contributed by atoms with E-state index in [4.69, 9.17) is 4.74 Å². The lowest BCUT2D eigenvalue weighted by Crippen LogP contribution is -2.50. The molecular formula is C27H31N3O4S. The third-order valence-corrected chi connectivity index (χ3v) is 7.93. The number of aryl methyl sites for hydroxylation is 1. The minimum Gasteiger partial charge on any atom is -0.476 e. The summed E-state index contributed by atoms with van der Waals surface area (Å²) in [5.41, 5.74) is 3.42. The molecule has 1 heterocycles. The highest BCUT2D eigenvalue weighted by atomic mass is 32.2. The minimum atomic E-state index is -3.88. The summed E-state index contributed by atoms with van der Waals surface area (Å²) in [6.07, 6.45) is -0.973. The fourth-order valence-electron chi connectivity index (χ4n) is 4.16. The van der Waals surface area contributed by atoms with Crippen molar-refractivity contribution in [1.29, 1.82) is 0 Å². The molecule has 3 aromatic rings. The zero-order valence-corrected chi connectivity index (χ0v) is 21.1. The lowest BCUT2D eigenvalue weighted by Gasteiger charge is -2.35. The van der Waals surface area contributed by atoms with Crippen LogP contribution in [0.1, 0.15) is 25.0 Å². The molecule has 1 amide bonds. The molecule has 1 atom stereocenters. The number of hydrogen-bond donors (Lipinski definition) is 1. The number of carbonyl (C=O) groups excluding carboxylic acids is 1. The van der Waals surface area contributed by atoms with Crippen molar-refractivity contribution in [2.45, 2.75) is 38.3 Å². The Hall–Kier alpha value is -3.52. The van der Waals surface area contributed by atoms with Gasteiger partial charge in [0.2, 0.25) is 0 Å². The van der Waals surface area contributed by atoms with Crippen LogP contribution in [0.3, 0.4) is 0 Å². The second-order valence-corrected chi connectivity index (χ2v) is 10.3. The summed E-state index contributed by atoms with van der Waals surface area (Å²) in [6, 6.07) is 21.6. The van der Waals surface area contributed by atoms with Gasteiger partial charge in [0.05, 0.1) is 17.1 Å². The van der Waals surface area contributed by atoms with Crippen molar-refractivity contribution in [3.8, 4) is 5.75 Å². The van der Waals surface area contributed by atoms with Gasteiger partial charge in [0.15, 0.2) is 6.10 Å². The van der Waals surface area contributed by atoms with E-state index in [-0.39, 0.29) is 17.3 Å². The Labute approximate surface area is 207 Å². The Morgan fingerprint density at radius 2 is 1.71 bits per heavy atom. The van der Waals surface area contributed by atoms with Gasteiger partial charge < -0.3 is 15.0 Å². The molecule has 0 saturated heterocycles. The van der Waals surface area contributed by atoms with Crippen LogP contribution in [0.5, 0.6) is 5.75 Å². The molecule has 0 bridgehead atoms. The molecule has 0 radical (unpaired) electrons. The van der Waals surface area contributed by atoms with Gasteiger partial charge in [0.1, 0.15) is 5.75 Å². The zero-order valence-electron chi connectivity index (χ0n) is 20.3. The Kier molecular flexibility index (Phi) is 7.31. The molecule has 0 aromatic heterocycles. The van der Waals surface area contributed by atoms with Crippen molar-refractivity contribution in [1.82, 2.24) is 5.32 Å². The average Bonchev–Trinajstić information content (AvgIpc) is 2.88. The number of nitrogens with one attached hydrogen (secondary N) is 1. The standard InChI is InChI=1S/C27H31N3O4S/c1-4-29(5-2)22-14-12-21(13-15-22)18-28-27(31)26-19-30(24-17-20(3)11-16-25(24)34-26)35(32,33)23-9-7-6-8-10-23/h6-17,26H,4-5,18-19H2,1-3H3,(H,28,31). The van der Waals surface area contributed by atoms with Crippen LogP contribution in [0.15, 0.2) is 77.7 Å². The van der Waals surface area contributed by atoms with Crippen molar-refractivity contribution < 1.29 is 17.9 Å². The molecule has 8 heteroatoms. The van der Waals surface area contributed by atoms with Gasteiger partial charge in [-0.15, -0.1) is 0 Å². The number of nitrogens with zero attached hydrogens (tertiary/aromatic N) is 2. The lowest BCUT2D eigenvalue weighted by atomic mass is 10.1. The molecule has 3 aromatic carbocycles. The van der Waals surface area contributed by atoms with E-state index in [0.717, 1.165) is 29.9 Å². The highest BCUT2D eigenvalue weighted by molar-refractivity contribution is 7.92. The number of benzene rings is 3. The van der Waals surface area contributed by atoms with Gasteiger partial charge in [0, 0.05) is 25.3 Å². The van der Waals surface area contributed by atoms with E-state index in [1.54, 1.807) is 42.5 Å². The molecule has 1 aliphatic heterocycles. The average molecular weight is 494 g/mol. The maximum absolute atomic E-state index is 13.5. The predicted octanol–water partition coefficient (Wildman–Crippen LogP) is 4.11. The van der Waals surface area contributed by atoms with Crippen molar-refractivity contribution in [2.24, 2.45) is 0 Å². The molecule has 1 N–H and O–H groups in total. The van der Waals surface area contributed by atoms with E-state index in [1.807, 2.05) is 37.3 Å². The fraction of sp³-hybridized carbons (Fsp3) is 0.296. The monoisotopic (exact) mass is 493 g/mol. The Balaban J connectivity index is 1.52. The molecule has 35 heavy (non-hydrogen) atoms. The molecule has 184 valence electrons. The Morgan fingerprint density at radius 3 is 2.37 bits per heavy atom. The van der Waals surface area contributed by atoms with E-state index in [9.17, 15) is 13.2 Å². The van der Waals surface area contributed by atoms with Gasteiger partial charge in [-0.3, -0.25) is 9.10 Å². The summed E-state index contributed by atoms with van der Waals surface area (Å²) in [5.74, 6) is 0.00221. The van der Waals surface area contributed by atoms with Crippen LogP contribution < -0.4 is 19.3 Å². The summed E-state index contributed by atoms with van der Waals surface area (Å²) in [5, 5.41) is 2.90. The fourth-order valence-corrected chi connectivity index (χ4v) is 5.65. The number of anilines is 2. The number of fused-ring (bicyclic) bond motifs is 1. The second kappa shape index (κ2) is 10.4. The molecule has 0 spiro atoms. The summed E-state index contributed by atoms with van der Waals surface area (Å²) in [6.45, 7) is 8.18. The van der Waals surface area contributed by atoms with Crippen LogP contribution in [0, 0.1) is 6.92 Å². The van der Waals surface area contributed by atoms with Gasteiger partial charge in [-0.25, -0.2) is 8.42 Å². The van der Waals surface area contributed by atoms with Crippen molar-refractivity contribution in [3.63, 3.8) is 0 Å². The predicted molar refractivity (Wildman–Crippen MR) is 138 cm³/mol. The maximum atomic E-state index is 13.5. The lowest BCUT2D eigenvalue weighted by molar-refractivity contribution is -0.127. The summed E-state index contributed by atoms with van der Waals surface area (Å²) in [4.78, 5) is 15.5. The third-order valence-electron chi connectivity index (χ3n) is 6.14. The maximum Gasteiger partial charge on any atom is 0.264 e. The first kappa shape index (κ1) is 24.6. The van der Waals surface area contributed by atoms with Crippen LogP contribution in [0.2, 0.25) is 0 Å². The molecule has 1 unspecified atom stereocenters. The van der Waals surface area contributed by atoms with Gasteiger partial charge in [-0.05, 0) is 68.3 Å². The van der Waals surface area contributed by atoms with Crippen molar-refractivity contribution in [3.05, 3.63) is 83.9 Å². The Bertz CT molecular complexity index is 1270. The first-order valence-corrected chi connectivity index (χ1v) is 13.2. The highest BCUT2D eigenvalue weighted by Gasteiger charge is 2.37. The van der Waals surface area contributed by atoms with Crippen molar-refractivity contribution in [2.75, 3.05) is 28.8 Å². The van der Waals surface area contributed by atoms with E-state index < -0.39 is 16.1 Å². The van der Waals surface area contributed by atoms with Crippen LogP contribution in [0.25, 0.3) is 0 Å². The SMILES string of the molecule is CCN(CC)c1ccc(CNC(=O)C2CN(S(=O)(=O)c3ccccc3)c3cc(C)ccc3O2)cc1. The van der Waals surface area contributed by atoms with Gasteiger partial charge >= 0.3 is 0 Å². The highest BCUT2D eigenvalue weighted by Crippen LogP contribution is 2.37. The van der Waals surface area contributed by atoms with Gasteiger partial charge in [-0.1, -0.05) is 36.4 Å². The van der Waals surface area contributed by atoms with Gasteiger partial charge in [0.25, 0.3) is 15.9 Å². The van der Waals surface area contributed by atoms with E-state index in [2.05, 4.69) is 24.1 Å². The summed E-state index contributed by atoms with van der Waals surface area (Å²) < 4.78 is 34.2. The third kappa shape index (κ3) is 5.27. The molecule has 0 fully saturated rings. The first-order chi connectivity index (χ1) is 16.8. The van der Waals surface area contributed by atoms with Crippen LogP contribution in [-0.2, 0) is 21.4 Å². The number of ether oxygens (including phenoxy) is 1. The largest absolute Gasteiger partial charge is 0.476 e. The molecule has 7 nitrogen and oxygen atoms in total. The number of rotatable bonds is 8. The summed E-state index contributed by atoms with van der Waals surface area (Å²) in [7, 11) is -3.88. The normalized spacial score (nSPS) is 15.2. The van der Waals surface area contributed by atoms with E-state index >= 15 is 0 Å². The van der Waals surface area contributed by atoms with E-state index in [1.165, 1.54) is 4.31 Å². The quantitative estimate of drug-likeness (QED) is 0.511. The minimum absolute atomic E-state index is 0.111. The molecule has 0 aliphatic carbocycles. The number of amides is 1. The molecule has 0 saturated carbocycles. The Morgan fingerprint density at radius 1 is 1.03 bits per heavy atom. The number of carbonyl (C=O) groups is 1. The number of hydrogen-bond acceptors (Lipinski definition) is 5. The molecule has 1 aliphatic rings. The number of sulfonamides is 1. The topological polar surface area (TPSA) is 79.0 Å². The van der Waals surface area contributed by atoms with Gasteiger partial charge in [-0.2, -0.15) is 0 Å². The molecular weight excluding hydrogens is 462 g/mol. The van der Waals surface area contributed by atoms with Crippen LogP contribution >= 0.6 is 0 Å².